The van der Waals surface area contributed by atoms with E-state index < -0.39 is 0 Å². The second-order valence-corrected chi connectivity index (χ2v) is 6.50. The van der Waals surface area contributed by atoms with Crippen molar-refractivity contribution in [1.82, 2.24) is 4.90 Å². The number of alkyl halides is 1. The zero-order chi connectivity index (χ0) is 15.2. The summed E-state index contributed by atoms with van der Waals surface area (Å²) in [5.74, 6) is -0.0205. The Bertz CT molecular complexity index is 458. The van der Waals surface area contributed by atoms with Gasteiger partial charge in [-0.2, -0.15) is 0 Å². The van der Waals surface area contributed by atoms with Gasteiger partial charge in [0.25, 0.3) is 0 Å². The fourth-order valence-electron chi connectivity index (χ4n) is 2.54. The predicted octanol–water partition coefficient (Wildman–Crippen LogP) is 3.43. The summed E-state index contributed by atoms with van der Waals surface area (Å²) in [6, 6.07) is 6.54. The molecular weight excluding hydrogens is 335 g/mol. The van der Waals surface area contributed by atoms with E-state index in [0.717, 1.165) is 51.1 Å². The molecule has 0 radical (unpaired) electrons. The number of hydrogen-bond donors (Lipinski definition) is 0. The summed E-state index contributed by atoms with van der Waals surface area (Å²) in [5, 5.41) is 0. The molecule has 1 aromatic rings. The number of hydrogen-bond acceptors (Lipinski definition) is 2. The summed E-state index contributed by atoms with van der Waals surface area (Å²) in [5.41, 5.74) is 1.02. The lowest BCUT2D eigenvalue weighted by Crippen LogP contribution is -2.50. The normalized spacial score (nSPS) is 16.9. The number of carbonyl (C=O) groups excluding carboxylic acids is 1. The van der Waals surface area contributed by atoms with Crippen LogP contribution in [0.25, 0.3) is 0 Å². The van der Waals surface area contributed by atoms with Crippen LogP contribution in [0, 0.1) is 5.82 Å². The molecule has 116 valence electrons. The van der Waals surface area contributed by atoms with Gasteiger partial charge in [0.1, 0.15) is 5.82 Å². The average molecular weight is 357 g/mol. The van der Waals surface area contributed by atoms with Crippen LogP contribution in [-0.4, -0.2) is 41.8 Å². The number of carbonyl (C=O) groups is 1. The quantitative estimate of drug-likeness (QED) is 0.754. The molecule has 0 N–H and O–H groups in total. The maximum Gasteiger partial charge on any atom is 0.236 e. The van der Waals surface area contributed by atoms with Gasteiger partial charge in [-0.1, -0.05) is 35.7 Å². The summed E-state index contributed by atoms with van der Waals surface area (Å²) in [7, 11) is 0. The molecule has 1 heterocycles. The third kappa shape index (κ3) is 4.43. The smallest absolute Gasteiger partial charge is 0.236 e. The van der Waals surface area contributed by atoms with Crippen LogP contribution >= 0.6 is 15.9 Å². The number of unbranched alkanes of at least 4 members (excludes halogenated alkanes) is 1. The van der Waals surface area contributed by atoms with E-state index in [-0.39, 0.29) is 16.6 Å². The van der Waals surface area contributed by atoms with Gasteiger partial charge in [-0.15, -0.1) is 0 Å². The van der Waals surface area contributed by atoms with Crippen molar-refractivity contribution >= 4 is 27.5 Å². The number of anilines is 1. The first-order chi connectivity index (χ1) is 10.1. The van der Waals surface area contributed by atoms with Crippen LogP contribution in [-0.2, 0) is 4.79 Å². The molecule has 0 aliphatic carbocycles. The van der Waals surface area contributed by atoms with Crippen molar-refractivity contribution in [3.63, 3.8) is 0 Å². The zero-order valence-corrected chi connectivity index (χ0v) is 14.0. The van der Waals surface area contributed by atoms with Crippen molar-refractivity contribution in [2.24, 2.45) is 0 Å². The van der Waals surface area contributed by atoms with E-state index in [0.29, 0.717) is 0 Å². The Balaban J connectivity index is 1.85. The van der Waals surface area contributed by atoms with Crippen LogP contribution in [0.15, 0.2) is 24.3 Å². The van der Waals surface area contributed by atoms with Gasteiger partial charge in [-0.05, 0) is 30.7 Å². The Hall–Kier alpha value is -1.10. The van der Waals surface area contributed by atoms with Crippen LogP contribution in [0.4, 0.5) is 10.1 Å². The van der Waals surface area contributed by atoms with Gasteiger partial charge in [-0.25, -0.2) is 4.39 Å². The first-order valence-electron chi connectivity index (χ1n) is 7.55. The molecule has 1 amide bonds. The number of piperazine rings is 1. The Morgan fingerprint density at radius 2 is 1.86 bits per heavy atom. The molecule has 0 bridgehead atoms. The van der Waals surface area contributed by atoms with E-state index >= 15 is 0 Å². The SMILES string of the molecule is CCCCC(Br)C(=O)N1CCN(c2ccc(F)cc2)CC1. The number of benzene rings is 1. The summed E-state index contributed by atoms with van der Waals surface area (Å²) < 4.78 is 12.9. The van der Waals surface area contributed by atoms with Crippen molar-refractivity contribution in [3.05, 3.63) is 30.1 Å². The monoisotopic (exact) mass is 356 g/mol. The molecule has 1 saturated heterocycles. The van der Waals surface area contributed by atoms with Gasteiger partial charge in [0.2, 0.25) is 5.91 Å². The molecule has 1 atom stereocenters. The predicted molar refractivity (Wildman–Crippen MR) is 87.4 cm³/mol. The minimum absolute atomic E-state index is 0.0604. The standard InChI is InChI=1S/C16H22BrFN2O/c1-2-3-4-15(17)16(21)20-11-9-19(10-12-20)14-7-5-13(18)6-8-14/h5-8,15H,2-4,9-12H2,1H3. The van der Waals surface area contributed by atoms with E-state index in [1.54, 1.807) is 12.1 Å². The van der Waals surface area contributed by atoms with Crippen molar-refractivity contribution < 1.29 is 9.18 Å². The molecule has 21 heavy (non-hydrogen) atoms. The molecule has 1 aliphatic rings. The van der Waals surface area contributed by atoms with Gasteiger partial charge in [-0.3, -0.25) is 4.79 Å². The molecular formula is C16H22BrFN2O. The van der Waals surface area contributed by atoms with Gasteiger partial charge in [0, 0.05) is 31.9 Å². The van der Waals surface area contributed by atoms with Crippen LogP contribution in [0.2, 0.25) is 0 Å². The van der Waals surface area contributed by atoms with E-state index in [1.165, 1.54) is 12.1 Å². The second kappa shape index (κ2) is 7.78. The highest BCUT2D eigenvalue weighted by molar-refractivity contribution is 9.10. The van der Waals surface area contributed by atoms with Crippen molar-refractivity contribution in [3.8, 4) is 0 Å². The molecule has 1 fully saturated rings. The zero-order valence-electron chi connectivity index (χ0n) is 12.4. The van der Waals surface area contributed by atoms with Gasteiger partial charge in [0.15, 0.2) is 0 Å². The Kier molecular flexibility index (Phi) is 6.03. The molecule has 2 rings (SSSR count). The number of halogens is 2. The highest BCUT2D eigenvalue weighted by Gasteiger charge is 2.25. The third-order valence-corrected chi connectivity index (χ3v) is 4.71. The van der Waals surface area contributed by atoms with Crippen molar-refractivity contribution in [2.45, 2.75) is 31.0 Å². The lowest BCUT2D eigenvalue weighted by molar-refractivity contribution is -0.130. The summed E-state index contributed by atoms with van der Waals surface area (Å²) in [4.78, 5) is 16.4. The lowest BCUT2D eigenvalue weighted by atomic mass is 10.1. The highest BCUT2D eigenvalue weighted by Crippen LogP contribution is 2.19. The fourth-order valence-corrected chi connectivity index (χ4v) is 3.16. The topological polar surface area (TPSA) is 23.6 Å². The summed E-state index contributed by atoms with van der Waals surface area (Å²) >= 11 is 3.50. The second-order valence-electron chi connectivity index (χ2n) is 5.40. The number of nitrogens with zero attached hydrogens (tertiary/aromatic N) is 2. The Morgan fingerprint density at radius 1 is 1.24 bits per heavy atom. The first-order valence-corrected chi connectivity index (χ1v) is 8.46. The number of amides is 1. The van der Waals surface area contributed by atoms with E-state index in [1.807, 2.05) is 4.90 Å². The molecule has 0 saturated carbocycles. The fraction of sp³-hybridized carbons (Fsp3) is 0.562. The van der Waals surface area contributed by atoms with Gasteiger partial charge in [0.05, 0.1) is 4.83 Å². The van der Waals surface area contributed by atoms with Crippen LogP contribution in [0.3, 0.4) is 0 Å². The molecule has 1 aliphatic heterocycles. The van der Waals surface area contributed by atoms with Crippen molar-refractivity contribution in [2.75, 3.05) is 31.1 Å². The molecule has 1 aromatic carbocycles. The molecule has 1 unspecified atom stereocenters. The minimum atomic E-state index is -0.217. The molecule has 0 aromatic heterocycles. The first kappa shape index (κ1) is 16.3. The molecule has 5 heteroatoms. The molecule has 3 nitrogen and oxygen atoms in total. The summed E-state index contributed by atoms with van der Waals surface area (Å²) in [6.45, 7) is 5.18. The van der Waals surface area contributed by atoms with Crippen LogP contribution < -0.4 is 4.90 Å². The largest absolute Gasteiger partial charge is 0.368 e. The summed E-state index contributed by atoms with van der Waals surface area (Å²) in [6.07, 6.45) is 3.07. The van der Waals surface area contributed by atoms with Crippen LogP contribution in [0.1, 0.15) is 26.2 Å². The maximum atomic E-state index is 12.9. The van der Waals surface area contributed by atoms with Gasteiger partial charge >= 0.3 is 0 Å². The van der Waals surface area contributed by atoms with E-state index in [4.69, 9.17) is 0 Å². The maximum absolute atomic E-state index is 12.9. The van der Waals surface area contributed by atoms with Crippen molar-refractivity contribution in [1.29, 1.82) is 0 Å². The Labute approximate surface area is 134 Å². The Morgan fingerprint density at radius 3 is 2.43 bits per heavy atom. The van der Waals surface area contributed by atoms with Crippen LogP contribution in [0.5, 0.6) is 0 Å². The molecule has 0 spiro atoms. The van der Waals surface area contributed by atoms with E-state index in [9.17, 15) is 9.18 Å². The van der Waals surface area contributed by atoms with Gasteiger partial charge < -0.3 is 9.80 Å². The highest BCUT2D eigenvalue weighted by atomic mass is 79.9. The number of rotatable bonds is 5. The third-order valence-electron chi connectivity index (χ3n) is 3.86. The van der Waals surface area contributed by atoms with E-state index in [2.05, 4.69) is 27.8 Å². The minimum Gasteiger partial charge on any atom is -0.368 e. The lowest BCUT2D eigenvalue weighted by Gasteiger charge is -2.37. The average Bonchev–Trinajstić information content (AvgIpc) is 2.53.